The molecule has 2 aromatic heterocycles. The number of piperazine rings is 2. The number of amides is 1. The molecule has 10 nitrogen and oxygen atoms in total. The van der Waals surface area contributed by atoms with Gasteiger partial charge >= 0.3 is 0 Å². The van der Waals surface area contributed by atoms with Crippen LogP contribution in [0.5, 0.6) is 5.75 Å². The van der Waals surface area contributed by atoms with Crippen LogP contribution in [0, 0.1) is 6.92 Å². The fraction of sp³-hybridized carbons (Fsp3) is 0.462. The number of aryl methyl sites for hydroxylation is 2. The van der Waals surface area contributed by atoms with Gasteiger partial charge in [0, 0.05) is 71.0 Å². The number of ether oxygens (including phenoxy) is 1. The van der Waals surface area contributed by atoms with Crippen LogP contribution in [-0.4, -0.2) is 102 Å². The number of anilines is 2. The topological polar surface area (TPSA) is 82.9 Å². The molecule has 0 unspecified atom stereocenters. The van der Waals surface area contributed by atoms with E-state index in [9.17, 15) is 4.79 Å². The normalized spacial score (nSPS) is 16.9. The predicted molar refractivity (Wildman–Crippen MR) is 140 cm³/mol. The van der Waals surface area contributed by atoms with Gasteiger partial charge in [0.25, 0.3) is 5.91 Å². The van der Waals surface area contributed by atoms with Gasteiger partial charge in [0.1, 0.15) is 28.9 Å². The summed E-state index contributed by atoms with van der Waals surface area (Å²) in [6.45, 7) is 8.67. The van der Waals surface area contributed by atoms with E-state index in [2.05, 4.69) is 32.9 Å². The van der Waals surface area contributed by atoms with Crippen LogP contribution in [0.1, 0.15) is 16.3 Å². The van der Waals surface area contributed by atoms with Crippen molar-refractivity contribution in [1.82, 2.24) is 29.5 Å². The van der Waals surface area contributed by atoms with E-state index in [0.717, 1.165) is 73.7 Å². The first-order valence-corrected chi connectivity index (χ1v) is 12.4. The molecule has 5 rings (SSSR count). The molecule has 3 aromatic rings. The molecular weight excluding hydrogens is 456 g/mol. The van der Waals surface area contributed by atoms with Gasteiger partial charge in [0.05, 0.1) is 12.8 Å². The van der Waals surface area contributed by atoms with Crippen molar-refractivity contribution in [2.24, 2.45) is 7.05 Å². The van der Waals surface area contributed by atoms with Crippen LogP contribution in [0.2, 0.25) is 0 Å². The number of rotatable bonds is 5. The number of methoxy groups -OCH3 is 1. The van der Waals surface area contributed by atoms with Crippen molar-refractivity contribution < 1.29 is 9.53 Å². The standard InChI is InChI=1S/C26H34N8O2/c1-19-27-24(32-10-8-30(2)9-11-32)18-25(28-19)33-12-14-34(15-13-33)26(35)23-17-22(29-31(23)3)20-6-5-7-21(16-20)36-4/h5-7,16-18H,8-15H2,1-4H3. The zero-order chi connectivity index (χ0) is 25.2. The van der Waals surface area contributed by atoms with E-state index in [1.54, 1.807) is 11.8 Å². The fourth-order valence-corrected chi connectivity index (χ4v) is 4.79. The lowest BCUT2D eigenvalue weighted by atomic mass is 10.1. The summed E-state index contributed by atoms with van der Waals surface area (Å²) >= 11 is 0. The highest BCUT2D eigenvalue weighted by Crippen LogP contribution is 2.25. The largest absolute Gasteiger partial charge is 0.497 e. The molecule has 0 N–H and O–H groups in total. The molecule has 0 saturated carbocycles. The van der Waals surface area contributed by atoms with Gasteiger partial charge in [-0.3, -0.25) is 9.48 Å². The zero-order valence-electron chi connectivity index (χ0n) is 21.5. The monoisotopic (exact) mass is 490 g/mol. The first-order valence-electron chi connectivity index (χ1n) is 12.4. The van der Waals surface area contributed by atoms with Gasteiger partial charge in [0.15, 0.2) is 0 Å². The first kappa shape index (κ1) is 24.1. The molecule has 4 heterocycles. The lowest BCUT2D eigenvalue weighted by Gasteiger charge is -2.36. The molecule has 2 aliphatic heterocycles. The maximum Gasteiger partial charge on any atom is 0.272 e. The molecule has 10 heteroatoms. The molecule has 190 valence electrons. The maximum atomic E-state index is 13.4. The smallest absolute Gasteiger partial charge is 0.272 e. The predicted octanol–water partition coefficient (Wildman–Crippen LogP) is 1.91. The van der Waals surface area contributed by atoms with Crippen LogP contribution in [0.4, 0.5) is 11.6 Å². The van der Waals surface area contributed by atoms with E-state index in [4.69, 9.17) is 14.7 Å². The third-order valence-electron chi connectivity index (χ3n) is 6.99. The Morgan fingerprint density at radius 1 is 0.861 bits per heavy atom. The molecule has 1 amide bonds. The number of aromatic nitrogens is 4. The van der Waals surface area contributed by atoms with Crippen LogP contribution >= 0.6 is 0 Å². The van der Waals surface area contributed by atoms with Crippen molar-refractivity contribution in [3.63, 3.8) is 0 Å². The molecule has 0 aliphatic carbocycles. The molecule has 36 heavy (non-hydrogen) atoms. The van der Waals surface area contributed by atoms with E-state index in [1.807, 2.05) is 49.2 Å². The van der Waals surface area contributed by atoms with Crippen LogP contribution < -0.4 is 14.5 Å². The van der Waals surface area contributed by atoms with Crippen molar-refractivity contribution in [3.8, 4) is 17.0 Å². The SMILES string of the molecule is COc1cccc(-c2cc(C(=O)N3CCN(c4cc(N5CCN(C)CC5)nc(C)n4)CC3)n(C)n2)c1. The Morgan fingerprint density at radius 2 is 1.50 bits per heavy atom. The summed E-state index contributed by atoms with van der Waals surface area (Å²) in [5, 5.41) is 4.58. The van der Waals surface area contributed by atoms with Crippen LogP contribution in [0.3, 0.4) is 0 Å². The summed E-state index contributed by atoms with van der Waals surface area (Å²) in [4.78, 5) is 31.6. The third-order valence-corrected chi connectivity index (χ3v) is 6.99. The van der Waals surface area contributed by atoms with Crippen LogP contribution in [0.25, 0.3) is 11.3 Å². The van der Waals surface area contributed by atoms with Crippen molar-refractivity contribution in [3.05, 3.63) is 47.9 Å². The zero-order valence-corrected chi connectivity index (χ0v) is 21.5. The average Bonchev–Trinajstić information content (AvgIpc) is 3.30. The summed E-state index contributed by atoms with van der Waals surface area (Å²) < 4.78 is 6.99. The van der Waals surface area contributed by atoms with E-state index in [0.29, 0.717) is 18.8 Å². The molecule has 0 atom stereocenters. The van der Waals surface area contributed by atoms with Gasteiger partial charge in [-0.2, -0.15) is 5.10 Å². The Balaban J connectivity index is 1.26. The Bertz CT molecular complexity index is 1230. The van der Waals surface area contributed by atoms with E-state index >= 15 is 0 Å². The summed E-state index contributed by atoms with van der Waals surface area (Å²) in [6, 6.07) is 11.7. The summed E-state index contributed by atoms with van der Waals surface area (Å²) in [7, 11) is 5.61. The van der Waals surface area contributed by atoms with Crippen molar-refractivity contribution in [2.45, 2.75) is 6.92 Å². The maximum absolute atomic E-state index is 13.4. The van der Waals surface area contributed by atoms with Crippen LogP contribution in [-0.2, 0) is 7.05 Å². The number of benzene rings is 1. The number of hydrogen-bond donors (Lipinski definition) is 0. The highest BCUT2D eigenvalue weighted by Gasteiger charge is 2.26. The summed E-state index contributed by atoms with van der Waals surface area (Å²) in [6.07, 6.45) is 0. The lowest BCUT2D eigenvalue weighted by Crippen LogP contribution is -2.49. The second-order valence-corrected chi connectivity index (χ2v) is 9.47. The molecule has 0 radical (unpaired) electrons. The number of nitrogens with zero attached hydrogens (tertiary/aromatic N) is 8. The quantitative estimate of drug-likeness (QED) is 0.537. The van der Waals surface area contributed by atoms with Crippen molar-refractivity contribution in [1.29, 1.82) is 0 Å². The van der Waals surface area contributed by atoms with Gasteiger partial charge in [-0.1, -0.05) is 12.1 Å². The summed E-state index contributed by atoms with van der Waals surface area (Å²) in [5.41, 5.74) is 2.26. The molecule has 2 aliphatic rings. The Morgan fingerprint density at radius 3 is 2.14 bits per heavy atom. The third kappa shape index (κ3) is 4.99. The minimum atomic E-state index is -0.00390. The second-order valence-electron chi connectivity index (χ2n) is 9.47. The van der Waals surface area contributed by atoms with Gasteiger partial charge in [0.2, 0.25) is 0 Å². The molecule has 2 fully saturated rings. The molecule has 1 aromatic carbocycles. The van der Waals surface area contributed by atoms with Gasteiger partial charge in [-0.15, -0.1) is 0 Å². The summed E-state index contributed by atoms with van der Waals surface area (Å²) in [5.74, 6) is 3.46. The van der Waals surface area contributed by atoms with Gasteiger partial charge < -0.3 is 24.3 Å². The van der Waals surface area contributed by atoms with Gasteiger partial charge in [-0.05, 0) is 32.2 Å². The molecule has 2 saturated heterocycles. The lowest BCUT2D eigenvalue weighted by molar-refractivity contribution is 0.0735. The highest BCUT2D eigenvalue weighted by molar-refractivity contribution is 5.94. The Kier molecular flexibility index (Phi) is 6.77. The fourth-order valence-electron chi connectivity index (χ4n) is 4.79. The van der Waals surface area contributed by atoms with Crippen molar-refractivity contribution in [2.75, 3.05) is 76.3 Å². The number of carbonyl (C=O) groups excluding carboxylic acids is 1. The number of carbonyl (C=O) groups is 1. The van der Waals surface area contributed by atoms with Gasteiger partial charge in [-0.25, -0.2) is 9.97 Å². The second kappa shape index (κ2) is 10.1. The Labute approximate surface area is 212 Å². The van der Waals surface area contributed by atoms with Crippen molar-refractivity contribution >= 4 is 17.5 Å². The minimum absolute atomic E-state index is 0.00390. The molecule has 0 spiro atoms. The first-order chi connectivity index (χ1) is 17.4. The average molecular weight is 491 g/mol. The highest BCUT2D eigenvalue weighted by atomic mass is 16.5. The molecular formula is C26H34N8O2. The van der Waals surface area contributed by atoms with Crippen LogP contribution in [0.15, 0.2) is 36.4 Å². The number of likely N-dealkylation sites (N-methyl/N-ethyl adjacent to an activating group) is 1. The minimum Gasteiger partial charge on any atom is -0.497 e. The number of hydrogen-bond acceptors (Lipinski definition) is 8. The molecule has 0 bridgehead atoms. The van der Waals surface area contributed by atoms with E-state index in [1.165, 1.54) is 0 Å². The Hall–Kier alpha value is -3.66. The van der Waals surface area contributed by atoms with E-state index < -0.39 is 0 Å². The van der Waals surface area contributed by atoms with E-state index in [-0.39, 0.29) is 5.91 Å².